The van der Waals surface area contributed by atoms with Crippen molar-refractivity contribution in [3.8, 4) is 0 Å². The normalized spacial score (nSPS) is 22.4. The number of aryl methyl sites for hydroxylation is 1. The summed E-state index contributed by atoms with van der Waals surface area (Å²) in [6.07, 6.45) is 1.62. The smallest absolute Gasteiger partial charge is 0.239 e. The van der Waals surface area contributed by atoms with E-state index in [2.05, 4.69) is 37.7 Å². The molecule has 2 aromatic heterocycles. The summed E-state index contributed by atoms with van der Waals surface area (Å²) in [5.74, 6) is 0.781. The molecule has 30 heavy (non-hydrogen) atoms. The van der Waals surface area contributed by atoms with E-state index in [-0.39, 0.29) is 23.5 Å². The number of hydrogen-bond acceptors (Lipinski definition) is 7. The minimum atomic E-state index is -3.01. The Morgan fingerprint density at radius 3 is 2.70 bits per heavy atom. The molecule has 1 amide bonds. The third kappa shape index (κ3) is 5.48. The molecule has 2 fully saturated rings. The van der Waals surface area contributed by atoms with Crippen molar-refractivity contribution in [3.63, 3.8) is 0 Å². The van der Waals surface area contributed by atoms with Gasteiger partial charge in [0.2, 0.25) is 5.91 Å². The van der Waals surface area contributed by atoms with Crippen molar-refractivity contribution >= 4 is 32.9 Å². The van der Waals surface area contributed by atoms with Gasteiger partial charge in [-0.2, -0.15) is 5.10 Å². The van der Waals surface area contributed by atoms with E-state index in [0.717, 1.165) is 44.8 Å². The first-order valence-corrected chi connectivity index (χ1v) is 13.1. The molecule has 2 aliphatic rings. The Hall–Kier alpha value is -1.75. The maximum atomic E-state index is 12.6. The molecule has 1 N–H and O–H groups in total. The number of sulfone groups is 1. The molecule has 4 rings (SSSR count). The zero-order chi connectivity index (χ0) is 21.1. The Labute approximate surface area is 181 Å². The summed E-state index contributed by atoms with van der Waals surface area (Å²) in [4.78, 5) is 18.7. The molecule has 0 spiro atoms. The molecule has 1 unspecified atom stereocenters. The highest BCUT2D eigenvalue weighted by Crippen LogP contribution is 2.27. The van der Waals surface area contributed by atoms with Gasteiger partial charge in [-0.25, -0.2) is 13.1 Å². The quantitative estimate of drug-likeness (QED) is 0.685. The van der Waals surface area contributed by atoms with Gasteiger partial charge in [0.1, 0.15) is 5.82 Å². The SMILES string of the molecule is Cc1cc(NC(=O)CN2CCN(CCc3cccs3)CC2)n(C2CCS(=O)(=O)C2)n1. The predicted molar refractivity (Wildman–Crippen MR) is 119 cm³/mol. The van der Waals surface area contributed by atoms with Gasteiger partial charge < -0.3 is 10.2 Å². The molecule has 0 saturated carbocycles. The van der Waals surface area contributed by atoms with Crippen LogP contribution in [0.5, 0.6) is 0 Å². The lowest BCUT2D eigenvalue weighted by atomic mass is 10.2. The molecule has 1 atom stereocenters. The van der Waals surface area contributed by atoms with Crippen LogP contribution in [0, 0.1) is 6.92 Å². The van der Waals surface area contributed by atoms with Gasteiger partial charge in [-0.05, 0) is 31.2 Å². The second kappa shape index (κ2) is 9.17. The van der Waals surface area contributed by atoms with E-state index in [0.29, 0.717) is 18.8 Å². The lowest BCUT2D eigenvalue weighted by Crippen LogP contribution is -2.49. The number of hydrogen-bond donors (Lipinski definition) is 1. The Morgan fingerprint density at radius 1 is 1.27 bits per heavy atom. The van der Waals surface area contributed by atoms with Crippen molar-refractivity contribution in [3.05, 3.63) is 34.2 Å². The highest BCUT2D eigenvalue weighted by molar-refractivity contribution is 7.91. The highest BCUT2D eigenvalue weighted by atomic mass is 32.2. The number of carbonyl (C=O) groups excluding carboxylic acids is 1. The monoisotopic (exact) mass is 451 g/mol. The number of anilines is 1. The van der Waals surface area contributed by atoms with E-state index in [1.807, 2.05) is 13.0 Å². The summed E-state index contributed by atoms with van der Waals surface area (Å²) in [6.45, 7) is 6.93. The molecule has 0 aliphatic carbocycles. The van der Waals surface area contributed by atoms with Crippen molar-refractivity contribution in [2.45, 2.75) is 25.8 Å². The van der Waals surface area contributed by atoms with E-state index in [4.69, 9.17) is 0 Å². The van der Waals surface area contributed by atoms with E-state index in [1.54, 1.807) is 16.0 Å². The number of amides is 1. The van der Waals surface area contributed by atoms with Crippen molar-refractivity contribution in [2.75, 3.05) is 56.1 Å². The van der Waals surface area contributed by atoms with Gasteiger partial charge in [0.05, 0.1) is 29.8 Å². The standard InChI is InChI=1S/C20H29N5O3S2/c1-16-13-19(25(22-16)17-5-12-30(27,28)15-17)21-20(26)14-24-9-7-23(8-10-24)6-4-18-3-2-11-29-18/h2-3,11,13,17H,4-10,12,14-15H2,1H3,(H,21,26). The predicted octanol–water partition coefficient (Wildman–Crippen LogP) is 1.41. The van der Waals surface area contributed by atoms with Crippen LogP contribution in [0.2, 0.25) is 0 Å². The maximum Gasteiger partial charge on any atom is 0.239 e. The third-order valence-electron chi connectivity index (χ3n) is 5.77. The molecule has 2 aliphatic heterocycles. The highest BCUT2D eigenvalue weighted by Gasteiger charge is 2.31. The van der Waals surface area contributed by atoms with Crippen molar-refractivity contribution in [1.82, 2.24) is 19.6 Å². The molecule has 164 valence electrons. The second-order valence-corrected chi connectivity index (χ2v) is 11.4. The lowest BCUT2D eigenvalue weighted by molar-refractivity contribution is -0.117. The molecule has 0 bridgehead atoms. The number of carbonyl (C=O) groups is 1. The van der Waals surface area contributed by atoms with Crippen LogP contribution >= 0.6 is 11.3 Å². The summed E-state index contributed by atoms with van der Waals surface area (Å²) >= 11 is 1.80. The Kier molecular flexibility index (Phi) is 6.57. The van der Waals surface area contributed by atoms with Crippen LogP contribution in [0.25, 0.3) is 0 Å². The van der Waals surface area contributed by atoms with Crippen LogP contribution in [0.15, 0.2) is 23.6 Å². The summed E-state index contributed by atoms with van der Waals surface area (Å²) in [5.41, 5.74) is 0.772. The summed E-state index contributed by atoms with van der Waals surface area (Å²) in [7, 11) is -3.01. The first-order chi connectivity index (χ1) is 14.4. The van der Waals surface area contributed by atoms with Crippen LogP contribution in [0.1, 0.15) is 23.0 Å². The maximum absolute atomic E-state index is 12.6. The molecule has 0 radical (unpaired) electrons. The average molecular weight is 452 g/mol. The second-order valence-electron chi connectivity index (χ2n) is 8.17. The van der Waals surface area contributed by atoms with Crippen LogP contribution in [0.3, 0.4) is 0 Å². The molecule has 0 aromatic carbocycles. The number of piperazine rings is 1. The number of aromatic nitrogens is 2. The van der Waals surface area contributed by atoms with Gasteiger partial charge in [-0.1, -0.05) is 6.07 Å². The third-order valence-corrected chi connectivity index (χ3v) is 8.45. The van der Waals surface area contributed by atoms with E-state index in [1.165, 1.54) is 4.88 Å². The van der Waals surface area contributed by atoms with Crippen molar-refractivity contribution < 1.29 is 13.2 Å². The molecule has 10 heteroatoms. The van der Waals surface area contributed by atoms with Gasteiger partial charge in [-0.15, -0.1) is 11.3 Å². The number of nitrogens with zero attached hydrogens (tertiary/aromatic N) is 4. The first-order valence-electron chi connectivity index (χ1n) is 10.4. The molecule has 2 aromatic rings. The zero-order valence-corrected chi connectivity index (χ0v) is 18.9. The number of rotatable bonds is 7. The molecular weight excluding hydrogens is 422 g/mol. The van der Waals surface area contributed by atoms with Gasteiger partial charge >= 0.3 is 0 Å². The van der Waals surface area contributed by atoms with Gasteiger partial charge in [0.15, 0.2) is 9.84 Å². The van der Waals surface area contributed by atoms with Gasteiger partial charge in [0, 0.05) is 43.7 Å². The van der Waals surface area contributed by atoms with E-state index in [9.17, 15) is 13.2 Å². The topological polar surface area (TPSA) is 87.5 Å². The van der Waals surface area contributed by atoms with Crippen molar-refractivity contribution in [1.29, 1.82) is 0 Å². The zero-order valence-electron chi connectivity index (χ0n) is 17.3. The fraction of sp³-hybridized carbons (Fsp3) is 0.600. The van der Waals surface area contributed by atoms with Crippen LogP contribution < -0.4 is 5.32 Å². The first kappa shape index (κ1) is 21.5. The van der Waals surface area contributed by atoms with Crippen LogP contribution in [0.4, 0.5) is 5.82 Å². The van der Waals surface area contributed by atoms with E-state index < -0.39 is 9.84 Å². The van der Waals surface area contributed by atoms with Gasteiger partial charge in [-0.3, -0.25) is 9.69 Å². The van der Waals surface area contributed by atoms with Gasteiger partial charge in [0.25, 0.3) is 0 Å². The van der Waals surface area contributed by atoms with Crippen LogP contribution in [-0.2, 0) is 21.1 Å². The fourth-order valence-corrected chi connectivity index (χ4v) is 6.53. The summed E-state index contributed by atoms with van der Waals surface area (Å²) in [6, 6.07) is 5.88. The molecular formula is C20H29N5O3S2. The fourth-order valence-electron chi connectivity index (χ4n) is 4.14. The minimum absolute atomic E-state index is 0.0796. The Morgan fingerprint density at radius 2 is 2.03 bits per heavy atom. The molecule has 8 nitrogen and oxygen atoms in total. The lowest BCUT2D eigenvalue weighted by Gasteiger charge is -2.34. The molecule has 2 saturated heterocycles. The average Bonchev–Trinajstić information content (AvgIpc) is 3.41. The van der Waals surface area contributed by atoms with Crippen LogP contribution in [-0.4, -0.2) is 84.7 Å². The minimum Gasteiger partial charge on any atom is -0.310 e. The number of nitrogens with one attached hydrogen (secondary N) is 1. The van der Waals surface area contributed by atoms with E-state index >= 15 is 0 Å². The Bertz CT molecular complexity index is 963. The summed E-state index contributed by atoms with van der Waals surface area (Å²) in [5, 5.41) is 9.49. The molecule has 4 heterocycles. The Balaban J connectivity index is 1.26. The summed E-state index contributed by atoms with van der Waals surface area (Å²) < 4.78 is 25.3. The van der Waals surface area contributed by atoms with Crippen molar-refractivity contribution in [2.24, 2.45) is 0 Å². The number of thiophene rings is 1. The largest absolute Gasteiger partial charge is 0.310 e.